The van der Waals surface area contributed by atoms with Crippen LogP contribution in [0.1, 0.15) is 32.3 Å². The Kier molecular flexibility index (Phi) is 4.71. The molecule has 0 radical (unpaired) electrons. The first-order chi connectivity index (χ1) is 10.3. The molecular formula is C17H24ClN3O. The first-order valence-corrected chi connectivity index (χ1v) is 7.79. The highest BCUT2D eigenvalue weighted by Crippen LogP contribution is 2.67. The molecule has 22 heavy (non-hydrogen) atoms. The van der Waals surface area contributed by atoms with Gasteiger partial charge in [-0.1, -0.05) is 32.0 Å². The number of halogens is 1. The van der Waals surface area contributed by atoms with Gasteiger partial charge in [0.2, 0.25) is 0 Å². The Morgan fingerprint density at radius 3 is 2.73 bits per heavy atom. The number of aliphatic imine (C=N–C) groups is 1. The molecule has 0 saturated heterocycles. The number of methoxy groups -OCH3 is 1. The van der Waals surface area contributed by atoms with Gasteiger partial charge in [-0.2, -0.15) is 0 Å². The van der Waals surface area contributed by atoms with Gasteiger partial charge in [0.1, 0.15) is 5.75 Å². The molecule has 0 aromatic heterocycles. The minimum atomic E-state index is 0.0896. The van der Waals surface area contributed by atoms with Crippen molar-refractivity contribution < 1.29 is 4.74 Å². The normalized spacial score (nSPS) is 23.0. The van der Waals surface area contributed by atoms with Gasteiger partial charge in [0.15, 0.2) is 5.96 Å². The number of rotatable bonds is 5. The molecule has 2 rings (SSSR count). The fourth-order valence-electron chi connectivity index (χ4n) is 3.24. The summed E-state index contributed by atoms with van der Waals surface area (Å²) < 4.78 is 5.31. The lowest BCUT2D eigenvalue weighted by molar-refractivity contribution is 0.414. The second-order valence-corrected chi connectivity index (χ2v) is 6.65. The van der Waals surface area contributed by atoms with Crippen LogP contribution in [0.25, 0.3) is 0 Å². The summed E-state index contributed by atoms with van der Waals surface area (Å²) in [6.07, 6.45) is 0. The van der Waals surface area contributed by atoms with E-state index in [-0.39, 0.29) is 11.3 Å². The van der Waals surface area contributed by atoms with Gasteiger partial charge in [-0.25, -0.2) is 0 Å². The Morgan fingerprint density at radius 1 is 1.45 bits per heavy atom. The fourth-order valence-corrected chi connectivity index (χ4v) is 3.48. The number of nitrogens with two attached hydrogens (primary N) is 1. The van der Waals surface area contributed by atoms with Crippen LogP contribution in [-0.2, 0) is 0 Å². The standard InChI is InChI=1S/C17H24ClN3O/c1-6-20-16(19)21-10(2)14-15(17(14,3)4)11-7-12(18)9-13(8-11)22-5/h7-9,14-15H,2,6H2,1,3-5H3,(H3,19,20,21)/t14-,15-/m0/s1. The van der Waals surface area contributed by atoms with Gasteiger partial charge in [0.05, 0.1) is 7.11 Å². The molecule has 0 aliphatic heterocycles. The van der Waals surface area contributed by atoms with E-state index >= 15 is 0 Å². The summed E-state index contributed by atoms with van der Waals surface area (Å²) in [5.41, 5.74) is 7.97. The van der Waals surface area contributed by atoms with Crippen LogP contribution in [-0.4, -0.2) is 19.6 Å². The number of nitrogens with zero attached hydrogens (tertiary/aromatic N) is 1. The second-order valence-electron chi connectivity index (χ2n) is 6.21. The average Bonchev–Trinajstić information content (AvgIpc) is 3.01. The summed E-state index contributed by atoms with van der Waals surface area (Å²) in [6, 6.07) is 5.84. The van der Waals surface area contributed by atoms with Gasteiger partial charge in [-0.15, -0.1) is 0 Å². The van der Waals surface area contributed by atoms with Crippen molar-refractivity contribution in [2.45, 2.75) is 26.7 Å². The van der Waals surface area contributed by atoms with Gasteiger partial charge in [-0.3, -0.25) is 4.99 Å². The molecule has 1 aliphatic carbocycles. The summed E-state index contributed by atoms with van der Waals surface area (Å²) in [6.45, 7) is 11.2. The van der Waals surface area contributed by atoms with E-state index in [9.17, 15) is 0 Å². The molecule has 0 amide bonds. The van der Waals surface area contributed by atoms with Crippen LogP contribution in [0.15, 0.2) is 35.5 Å². The third-order valence-electron chi connectivity index (χ3n) is 4.31. The summed E-state index contributed by atoms with van der Waals surface area (Å²) in [4.78, 5) is 4.14. The summed E-state index contributed by atoms with van der Waals surface area (Å²) >= 11 is 6.19. The molecule has 0 unspecified atom stereocenters. The van der Waals surface area contributed by atoms with Gasteiger partial charge in [-0.05, 0) is 42.0 Å². The number of ether oxygens (including phenoxy) is 1. The Balaban J connectivity index is 2.21. The molecule has 1 aromatic rings. The quantitative estimate of drug-likeness (QED) is 0.644. The maximum Gasteiger partial charge on any atom is 0.192 e. The smallest absolute Gasteiger partial charge is 0.192 e. The van der Waals surface area contributed by atoms with Crippen molar-refractivity contribution >= 4 is 17.6 Å². The first kappa shape index (κ1) is 16.7. The lowest BCUT2D eigenvalue weighted by atomic mass is 10.0. The summed E-state index contributed by atoms with van der Waals surface area (Å²) in [7, 11) is 1.65. The summed E-state index contributed by atoms with van der Waals surface area (Å²) in [5, 5.41) is 3.79. The number of hydrogen-bond donors (Lipinski definition) is 2. The number of nitrogens with one attached hydrogen (secondary N) is 1. The molecule has 0 heterocycles. The lowest BCUT2D eigenvalue weighted by Crippen LogP contribution is -2.32. The minimum Gasteiger partial charge on any atom is -0.497 e. The molecule has 1 aliphatic rings. The van der Waals surface area contributed by atoms with E-state index in [1.807, 2.05) is 25.1 Å². The van der Waals surface area contributed by atoms with E-state index in [1.54, 1.807) is 7.11 Å². The van der Waals surface area contributed by atoms with Crippen LogP contribution >= 0.6 is 11.6 Å². The summed E-state index contributed by atoms with van der Waals surface area (Å²) in [5.74, 6) is 1.79. The predicted octanol–water partition coefficient (Wildman–Crippen LogP) is 3.53. The van der Waals surface area contributed by atoms with Crippen LogP contribution in [0.2, 0.25) is 5.02 Å². The molecule has 120 valence electrons. The fraction of sp³-hybridized carbons (Fsp3) is 0.471. The van der Waals surface area contributed by atoms with E-state index in [2.05, 4.69) is 30.7 Å². The molecule has 0 spiro atoms. The maximum atomic E-state index is 6.19. The van der Waals surface area contributed by atoms with Crippen molar-refractivity contribution in [1.29, 1.82) is 0 Å². The van der Waals surface area contributed by atoms with E-state index in [0.29, 0.717) is 23.4 Å². The molecule has 4 nitrogen and oxygen atoms in total. The van der Waals surface area contributed by atoms with Crippen molar-refractivity contribution in [3.05, 3.63) is 41.1 Å². The zero-order valence-electron chi connectivity index (χ0n) is 13.6. The van der Waals surface area contributed by atoms with Gasteiger partial charge in [0.25, 0.3) is 0 Å². The number of allylic oxidation sites excluding steroid dienone is 1. The molecule has 3 N–H and O–H groups in total. The third-order valence-corrected chi connectivity index (χ3v) is 4.53. The van der Waals surface area contributed by atoms with Crippen LogP contribution in [0, 0.1) is 11.3 Å². The second kappa shape index (κ2) is 6.21. The van der Waals surface area contributed by atoms with Crippen LogP contribution in [0.5, 0.6) is 5.75 Å². The molecule has 1 saturated carbocycles. The molecular weight excluding hydrogens is 298 g/mol. The monoisotopic (exact) mass is 321 g/mol. The Morgan fingerprint density at radius 2 is 2.14 bits per heavy atom. The van der Waals surface area contributed by atoms with Crippen LogP contribution in [0.3, 0.4) is 0 Å². The molecule has 1 fully saturated rings. The van der Waals surface area contributed by atoms with Crippen molar-refractivity contribution in [3.8, 4) is 5.75 Å². The SMILES string of the molecule is C=C(NC(N)=NCC)[C@H]1[C@H](c2cc(Cl)cc(OC)c2)C1(C)C. The molecule has 0 bridgehead atoms. The maximum absolute atomic E-state index is 6.19. The van der Waals surface area contributed by atoms with Gasteiger partial charge < -0.3 is 15.8 Å². The van der Waals surface area contributed by atoms with E-state index < -0.39 is 0 Å². The van der Waals surface area contributed by atoms with E-state index in [1.165, 1.54) is 0 Å². The molecule has 5 heteroatoms. The average molecular weight is 322 g/mol. The number of guanidine groups is 1. The molecule has 2 atom stereocenters. The van der Waals surface area contributed by atoms with Crippen molar-refractivity contribution in [1.82, 2.24) is 5.32 Å². The number of benzene rings is 1. The predicted molar refractivity (Wildman–Crippen MR) is 92.5 cm³/mol. The lowest BCUT2D eigenvalue weighted by Gasteiger charge is -2.10. The Hall–Kier alpha value is -1.68. The first-order valence-electron chi connectivity index (χ1n) is 7.41. The van der Waals surface area contributed by atoms with Gasteiger partial charge >= 0.3 is 0 Å². The van der Waals surface area contributed by atoms with Crippen molar-refractivity contribution in [3.63, 3.8) is 0 Å². The highest BCUT2D eigenvalue weighted by Gasteiger charge is 2.59. The zero-order chi connectivity index (χ0) is 16.5. The van der Waals surface area contributed by atoms with E-state index in [4.69, 9.17) is 22.1 Å². The minimum absolute atomic E-state index is 0.0896. The van der Waals surface area contributed by atoms with E-state index in [0.717, 1.165) is 17.0 Å². The van der Waals surface area contributed by atoms with Crippen LogP contribution in [0.4, 0.5) is 0 Å². The van der Waals surface area contributed by atoms with Crippen molar-refractivity contribution in [2.75, 3.05) is 13.7 Å². The van der Waals surface area contributed by atoms with Gasteiger partial charge in [0, 0.05) is 23.2 Å². The highest BCUT2D eigenvalue weighted by atomic mass is 35.5. The third kappa shape index (κ3) is 3.22. The highest BCUT2D eigenvalue weighted by molar-refractivity contribution is 6.30. The topological polar surface area (TPSA) is 59.6 Å². The zero-order valence-corrected chi connectivity index (χ0v) is 14.4. The largest absolute Gasteiger partial charge is 0.497 e. The number of hydrogen-bond acceptors (Lipinski definition) is 2. The van der Waals surface area contributed by atoms with Crippen LogP contribution < -0.4 is 15.8 Å². The Bertz CT molecular complexity index is 610. The van der Waals surface area contributed by atoms with Crippen molar-refractivity contribution in [2.24, 2.45) is 22.1 Å². The Labute approximate surface area is 137 Å². The molecule has 1 aromatic carbocycles.